The molecule has 2 aromatic rings. The van der Waals surface area contributed by atoms with Gasteiger partial charge in [-0.25, -0.2) is 0 Å². The van der Waals surface area contributed by atoms with Gasteiger partial charge in [-0.1, -0.05) is 41.7 Å². The molecule has 88 valence electrons. The van der Waals surface area contributed by atoms with E-state index in [0.29, 0.717) is 5.13 Å². The molecule has 0 bridgehead atoms. The summed E-state index contributed by atoms with van der Waals surface area (Å²) in [5.41, 5.74) is 1.17. The summed E-state index contributed by atoms with van der Waals surface area (Å²) >= 11 is 6.74. The number of amides is 1. The topological polar surface area (TPSA) is 54.9 Å². The predicted molar refractivity (Wildman–Crippen MR) is 68.5 cm³/mol. The summed E-state index contributed by atoms with van der Waals surface area (Å²) < 4.78 is 0. The Bertz CT molecular complexity index is 500. The molecule has 0 atom stereocenters. The second-order valence-corrected chi connectivity index (χ2v) is 4.67. The number of nitrogens with zero attached hydrogens (tertiary/aromatic N) is 2. The zero-order chi connectivity index (χ0) is 12.1. The Morgan fingerprint density at radius 3 is 2.76 bits per heavy atom. The van der Waals surface area contributed by atoms with Gasteiger partial charge in [0.15, 0.2) is 0 Å². The highest BCUT2D eigenvalue weighted by Crippen LogP contribution is 2.18. The number of carbonyl (C=O) groups excluding carboxylic acids is 1. The van der Waals surface area contributed by atoms with Crippen molar-refractivity contribution in [1.29, 1.82) is 0 Å². The van der Waals surface area contributed by atoms with E-state index in [0.717, 1.165) is 11.4 Å². The minimum atomic E-state index is -0.269. The van der Waals surface area contributed by atoms with E-state index < -0.39 is 0 Å². The van der Waals surface area contributed by atoms with E-state index in [1.807, 2.05) is 30.3 Å². The lowest BCUT2D eigenvalue weighted by Crippen LogP contribution is -2.12. The van der Waals surface area contributed by atoms with Crippen molar-refractivity contribution in [3.63, 3.8) is 0 Å². The van der Waals surface area contributed by atoms with Crippen molar-refractivity contribution in [2.24, 2.45) is 0 Å². The average Bonchev–Trinajstić information content (AvgIpc) is 2.77. The largest absolute Gasteiger partial charge is 0.299 e. The van der Waals surface area contributed by atoms with Gasteiger partial charge in [0.05, 0.1) is 0 Å². The van der Waals surface area contributed by atoms with E-state index >= 15 is 0 Å². The first-order valence-electron chi connectivity index (χ1n) is 5.00. The summed E-state index contributed by atoms with van der Waals surface area (Å²) in [4.78, 5) is 11.0. The maximum Gasteiger partial charge on any atom is 0.241 e. The lowest BCUT2D eigenvalue weighted by atomic mass is 10.2. The Labute approximate surface area is 108 Å². The van der Waals surface area contributed by atoms with Crippen LogP contribution in [-0.2, 0) is 11.2 Å². The summed E-state index contributed by atoms with van der Waals surface area (Å²) in [5, 5.41) is 11.8. The number of anilines is 1. The zero-order valence-corrected chi connectivity index (χ0v) is 10.5. The number of benzene rings is 1. The van der Waals surface area contributed by atoms with Crippen LogP contribution in [0, 0.1) is 0 Å². The quantitative estimate of drug-likeness (QED) is 0.865. The fourth-order valence-corrected chi connectivity index (χ4v) is 2.16. The minimum Gasteiger partial charge on any atom is -0.299 e. The van der Waals surface area contributed by atoms with Crippen molar-refractivity contribution in [3.8, 4) is 0 Å². The molecule has 0 fully saturated rings. The summed E-state index contributed by atoms with van der Waals surface area (Å²) in [6, 6.07) is 9.98. The van der Waals surface area contributed by atoms with Crippen molar-refractivity contribution in [3.05, 3.63) is 40.9 Å². The number of nitrogens with one attached hydrogen (secondary N) is 1. The van der Waals surface area contributed by atoms with Gasteiger partial charge >= 0.3 is 0 Å². The summed E-state index contributed by atoms with van der Waals surface area (Å²) in [7, 11) is 0. The van der Waals surface area contributed by atoms with E-state index in [-0.39, 0.29) is 11.8 Å². The molecule has 1 aromatic carbocycles. The normalized spacial score (nSPS) is 10.2. The smallest absolute Gasteiger partial charge is 0.241 e. The summed E-state index contributed by atoms with van der Waals surface area (Å²) in [5.74, 6) is -0.345. The van der Waals surface area contributed by atoms with Crippen LogP contribution >= 0.6 is 22.9 Å². The third kappa shape index (κ3) is 3.51. The SMILES string of the molecule is O=C(CCl)Nc1nnc(Cc2ccccc2)s1. The van der Waals surface area contributed by atoms with Gasteiger partial charge in [0.25, 0.3) is 0 Å². The van der Waals surface area contributed by atoms with Crippen molar-refractivity contribution in [2.45, 2.75) is 6.42 Å². The molecule has 1 heterocycles. The standard InChI is InChI=1S/C11H10ClN3OS/c12-7-9(16)13-11-15-14-10(17-11)6-8-4-2-1-3-5-8/h1-5H,6-7H2,(H,13,15,16). The van der Waals surface area contributed by atoms with Gasteiger partial charge in [0.2, 0.25) is 11.0 Å². The fourth-order valence-electron chi connectivity index (χ4n) is 1.30. The molecule has 0 spiro atoms. The average molecular weight is 268 g/mol. The Hall–Kier alpha value is -1.46. The Kier molecular flexibility index (Phi) is 4.06. The number of rotatable bonds is 4. The molecule has 2 rings (SSSR count). The molecule has 0 unspecified atom stereocenters. The van der Waals surface area contributed by atoms with Crippen LogP contribution in [0.2, 0.25) is 0 Å². The van der Waals surface area contributed by atoms with Crippen molar-refractivity contribution < 1.29 is 4.79 Å². The molecule has 1 aromatic heterocycles. The molecule has 6 heteroatoms. The van der Waals surface area contributed by atoms with Crippen LogP contribution in [0.1, 0.15) is 10.6 Å². The Balaban J connectivity index is 2.01. The second-order valence-electron chi connectivity index (χ2n) is 3.35. The van der Waals surface area contributed by atoms with Gasteiger partial charge in [-0.05, 0) is 5.56 Å². The maximum absolute atomic E-state index is 11.0. The number of alkyl halides is 1. The molecule has 0 aliphatic rings. The molecule has 1 N–H and O–H groups in total. The highest BCUT2D eigenvalue weighted by molar-refractivity contribution is 7.15. The van der Waals surface area contributed by atoms with Gasteiger partial charge in [0, 0.05) is 6.42 Å². The van der Waals surface area contributed by atoms with Crippen LogP contribution < -0.4 is 5.32 Å². The summed E-state index contributed by atoms with van der Waals surface area (Å²) in [6.07, 6.45) is 0.718. The predicted octanol–water partition coefficient (Wildman–Crippen LogP) is 2.31. The van der Waals surface area contributed by atoms with E-state index in [1.54, 1.807) is 0 Å². The molecule has 1 amide bonds. The third-order valence-corrected chi connectivity index (χ3v) is 3.11. The van der Waals surface area contributed by atoms with Crippen LogP contribution in [-0.4, -0.2) is 22.0 Å². The first kappa shape index (κ1) is 12.0. The Morgan fingerprint density at radius 2 is 2.06 bits per heavy atom. The number of aromatic nitrogens is 2. The lowest BCUT2D eigenvalue weighted by Gasteiger charge is -1.95. The van der Waals surface area contributed by atoms with Crippen molar-refractivity contribution in [2.75, 3.05) is 11.2 Å². The molecule has 17 heavy (non-hydrogen) atoms. The molecule has 0 radical (unpaired) electrons. The third-order valence-electron chi connectivity index (χ3n) is 2.03. The van der Waals surface area contributed by atoms with Gasteiger partial charge in [-0.3, -0.25) is 10.1 Å². The Morgan fingerprint density at radius 1 is 1.29 bits per heavy atom. The number of carbonyl (C=O) groups is 1. The van der Waals surface area contributed by atoms with Gasteiger partial charge in [0.1, 0.15) is 10.9 Å². The van der Waals surface area contributed by atoms with Crippen molar-refractivity contribution in [1.82, 2.24) is 10.2 Å². The van der Waals surface area contributed by atoms with Gasteiger partial charge in [-0.15, -0.1) is 21.8 Å². The van der Waals surface area contributed by atoms with Crippen LogP contribution in [0.25, 0.3) is 0 Å². The molecule has 0 aliphatic carbocycles. The summed E-state index contributed by atoms with van der Waals surface area (Å²) in [6.45, 7) is 0. The van der Waals surface area contributed by atoms with E-state index in [1.165, 1.54) is 16.9 Å². The highest BCUT2D eigenvalue weighted by atomic mass is 35.5. The molecular formula is C11H10ClN3OS. The monoisotopic (exact) mass is 267 g/mol. The maximum atomic E-state index is 11.0. The number of halogens is 1. The second kappa shape index (κ2) is 5.75. The van der Waals surface area contributed by atoms with Crippen LogP contribution in [0.4, 0.5) is 5.13 Å². The minimum absolute atomic E-state index is 0.0758. The zero-order valence-electron chi connectivity index (χ0n) is 8.89. The highest BCUT2D eigenvalue weighted by Gasteiger charge is 2.07. The van der Waals surface area contributed by atoms with E-state index in [9.17, 15) is 4.79 Å². The van der Waals surface area contributed by atoms with Crippen molar-refractivity contribution >= 4 is 34.0 Å². The van der Waals surface area contributed by atoms with Crippen LogP contribution in [0.3, 0.4) is 0 Å². The van der Waals surface area contributed by atoms with Gasteiger partial charge < -0.3 is 0 Å². The molecule has 0 aliphatic heterocycles. The molecular weight excluding hydrogens is 258 g/mol. The molecule has 0 saturated heterocycles. The van der Waals surface area contributed by atoms with Gasteiger partial charge in [-0.2, -0.15) is 0 Å². The van der Waals surface area contributed by atoms with E-state index in [4.69, 9.17) is 11.6 Å². The first-order chi connectivity index (χ1) is 8.28. The molecule has 4 nitrogen and oxygen atoms in total. The molecule has 0 saturated carbocycles. The van der Waals surface area contributed by atoms with E-state index in [2.05, 4.69) is 15.5 Å². The fraction of sp³-hybridized carbons (Fsp3) is 0.182. The lowest BCUT2D eigenvalue weighted by molar-refractivity contribution is -0.113. The van der Waals surface area contributed by atoms with Crippen LogP contribution in [0.15, 0.2) is 30.3 Å². The number of hydrogen-bond donors (Lipinski definition) is 1. The van der Waals surface area contributed by atoms with Crippen LogP contribution in [0.5, 0.6) is 0 Å². The number of hydrogen-bond acceptors (Lipinski definition) is 4. The first-order valence-corrected chi connectivity index (χ1v) is 6.35.